The zero-order chi connectivity index (χ0) is 37.6. The minimum Gasteiger partial charge on any atom is -0.489 e. The summed E-state index contributed by atoms with van der Waals surface area (Å²) in [6, 6.07) is 57.5. The van der Waals surface area contributed by atoms with Crippen LogP contribution in [-0.2, 0) is 13.0 Å². The third-order valence-corrected chi connectivity index (χ3v) is 11.0. The van der Waals surface area contributed by atoms with Gasteiger partial charge >= 0.3 is 0 Å². The van der Waals surface area contributed by atoms with Gasteiger partial charge in [-0.15, -0.1) is 10.2 Å². The molecule has 3 aromatic heterocycles. The normalized spacial score (nSPS) is 12.2. The molecule has 0 saturated carbocycles. The van der Waals surface area contributed by atoms with E-state index in [0.717, 1.165) is 62.3 Å². The molecule has 0 amide bonds. The highest BCUT2D eigenvalue weighted by Crippen LogP contribution is 2.38. The lowest BCUT2D eigenvalue weighted by atomic mass is 9.98. The first kappa shape index (κ1) is 33.6. The lowest BCUT2D eigenvalue weighted by Gasteiger charge is -2.14. The maximum Gasteiger partial charge on any atom is 0.248 e. The molecule has 0 aliphatic carbocycles. The van der Waals surface area contributed by atoms with Crippen LogP contribution in [0.3, 0.4) is 0 Å². The summed E-state index contributed by atoms with van der Waals surface area (Å²) in [6.07, 6.45) is 2.24. The van der Waals surface area contributed by atoms with Crippen molar-refractivity contribution in [3.63, 3.8) is 0 Å². The van der Waals surface area contributed by atoms with Crippen molar-refractivity contribution >= 4 is 43.6 Å². The van der Waals surface area contributed by atoms with Crippen LogP contribution in [-0.4, -0.2) is 19.3 Å². The number of aromatic nitrogens is 4. The molecule has 6 nitrogen and oxygen atoms in total. The van der Waals surface area contributed by atoms with E-state index in [1.165, 1.54) is 33.5 Å². The van der Waals surface area contributed by atoms with Crippen molar-refractivity contribution in [2.45, 2.75) is 33.3 Å². The molecule has 3 heterocycles. The molecule has 1 unspecified atom stereocenters. The van der Waals surface area contributed by atoms with Crippen LogP contribution in [0, 0.1) is 5.92 Å². The van der Waals surface area contributed by atoms with Crippen molar-refractivity contribution in [2.75, 3.05) is 0 Å². The van der Waals surface area contributed by atoms with Gasteiger partial charge in [0.15, 0.2) is 0 Å². The van der Waals surface area contributed by atoms with E-state index in [1.807, 2.05) is 24.3 Å². The van der Waals surface area contributed by atoms with Crippen LogP contribution >= 0.6 is 0 Å². The fourth-order valence-electron chi connectivity index (χ4n) is 8.11. The Morgan fingerprint density at radius 2 is 1.02 bits per heavy atom. The molecular weight excluding hydrogens is 689 g/mol. The van der Waals surface area contributed by atoms with Gasteiger partial charge in [-0.25, -0.2) is 0 Å². The first-order valence-electron chi connectivity index (χ1n) is 19.4. The topological polar surface area (TPSA) is 58.0 Å². The number of hydrogen-bond acceptors (Lipinski definition) is 4. The Balaban J connectivity index is 1.07. The largest absolute Gasteiger partial charge is 0.489 e. The van der Waals surface area contributed by atoms with Gasteiger partial charge in [0.05, 0.1) is 22.1 Å². The predicted octanol–water partition coefficient (Wildman–Crippen LogP) is 12.8. The van der Waals surface area contributed by atoms with E-state index < -0.39 is 0 Å². The molecule has 0 spiro atoms. The Hall–Kier alpha value is -6.92. The zero-order valence-corrected chi connectivity index (χ0v) is 31.4. The number of ether oxygens (including phenoxy) is 1. The van der Waals surface area contributed by atoms with Gasteiger partial charge in [-0.3, -0.25) is 0 Å². The van der Waals surface area contributed by atoms with Crippen molar-refractivity contribution < 1.29 is 9.15 Å². The van der Waals surface area contributed by atoms with Gasteiger partial charge in [0, 0.05) is 44.0 Å². The number of fused-ring (bicyclic) bond motifs is 6. The number of benzene rings is 7. The van der Waals surface area contributed by atoms with Crippen molar-refractivity contribution in [1.29, 1.82) is 0 Å². The maximum absolute atomic E-state index is 6.54. The predicted molar refractivity (Wildman–Crippen MR) is 228 cm³/mol. The van der Waals surface area contributed by atoms with E-state index in [1.54, 1.807) is 0 Å². The summed E-state index contributed by atoms with van der Waals surface area (Å²) < 4.78 is 17.5. The Morgan fingerprint density at radius 3 is 1.57 bits per heavy atom. The fourth-order valence-corrected chi connectivity index (χ4v) is 8.11. The van der Waals surface area contributed by atoms with E-state index in [9.17, 15) is 0 Å². The van der Waals surface area contributed by atoms with Crippen molar-refractivity contribution in [3.8, 4) is 40.0 Å². The first-order valence-corrected chi connectivity index (χ1v) is 19.4. The van der Waals surface area contributed by atoms with Crippen LogP contribution in [0.1, 0.15) is 31.4 Å². The van der Waals surface area contributed by atoms with Gasteiger partial charge in [-0.05, 0) is 84.1 Å². The molecule has 7 aromatic carbocycles. The Labute approximate surface area is 325 Å². The molecule has 6 heteroatoms. The fraction of sp³-hybridized carbons (Fsp3) is 0.120. The van der Waals surface area contributed by atoms with E-state index >= 15 is 0 Å². The summed E-state index contributed by atoms with van der Waals surface area (Å²) in [5.41, 5.74) is 10.6. The van der Waals surface area contributed by atoms with E-state index in [-0.39, 0.29) is 0 Å². The van der Waals surface area contributed by atoms with Crippen LogP contribution in [0.4, 0.5) is 0 Å². The second kappa shape index (κ2) is 14.1. The van der Waals surface area contributed by atoms with Crippen molar-refractivity contribution in [2.24, 2.45) is 5.92 Å². The third kappa shape index (κ3) is 6.00. The highest BCUT2D eigenvalue weighted by Gasteiger charge is 2.19. The van der Waals surface area contributed by atoms with Crippen LogP contribution in [0.5, 0.6) is 5.75 Å². The van der Waals surface area contributed by atoms with Gasteiger partial charge < -0.3 is 18.3 Å². The smallest absolute Gasteiger partial charge is 0.248 e. The summed E-state index contributed by atoms with van der Waals surface area (Å²) in [7, 11) is 0. The highest BCUT2D eigenvalue weighted by molar-refractivity contribution is 6.10. The standard InChI is InChI=1S/C50H40N4O2/c1-3-33(2)26-34-14-12-15-35(27-34)32-55-40-17-13-16-36(30-40)49-51-52-50(56-49)37-28-38(53-45-22-8-4-18-41(45)42-19-5-9-23-46(42)53)31-39(29-37)54-47-24-10-6-20-43(47)44-21-7-11-25-48(44)54/h4-25,27-31,33H,3,26,32H2,1-2H3. The number of para-hydroxylation sites is 4. The van der Waals surface area contributed by atoms with Gasteiger partial charge in [-0.1, -0.05) is 123 Å². The molecule has 0 N–H and O–H groups in total. The minimum atomic E-state index is 0.432. The second-order valence-electron chi connectivity index (χ2n) is 14.7. The second-order valence-corrected chi connectivity index (χ2v) is 14.7. The Bertz CT molecular complexity index is 2800. The van der Waals surface area contributed by atoms with Gasteiger partial charge in [-0.2, -0.15) is 0 Å². The van der Waals surface area contributed by atoms with Gasteiger partial charge in [0.25, 0.3) is 0 Å². The average Bonchev–Trinajstić information content (AvgIpc) is 3.97. The zero-order valence-electron chi connectivity index (χ0n) is 31.4. The van der Waals surface area contributed by atoms with Gasteiger partial charge in [0.2, 0.25) is 11.8 Å². The summed E-state index contributed by atoms with van der Waals surface area (Å²) in [5.74, 6) is 2.27. The molecule has 0 bridgehead atoms. The molecule has 272 valence electrons. The molecule has 10 rings (SSSR count). The van der Waals surface area contributed by atoms with E-state index in [2.05, 4.69) is 173 Å². The molecule has 0 aliphatic heterocycles. The van der Waals surface area contributed by atoms with Crippen LogP contribution in [0.2, 0.25) is 0 Å². The molecule has 0 fully saturated rings. The summed E-state index contributed by atoms with van der Waals surface area (Å²) in [4.78, 5) is 0. The third-order valence-electron chi connectivity index (χ3n) is 11.0. The summed E-state index contributed by atoms with van der Waals surface area (Å²) in [6.45, 7) is 5.02. The average molecular weight is 729 g/mol. The van der Waals surface area contributed by atoms with E-state index in [0.29, 0.717) is 24.3 Å². The SMILES string of the molecule is CCC(C)Cc1cccc(COc2cccc(-c3nnc(-c4cc(-n5c6ccccc6c6ccccc65)cc(-n5c6ccccc6c6ccccc65)c4)o3)c2)c1. The molecular formula is C50H40N4O2. The quantitative estimate of drug-likeness (QED) is 0.141. The number of nitrogens with zero attached hydrogens (tertiary/aromatic N) is 4. The lowest BCUT2D eigenvalue weighted by molar-refractivity contribution is 0.306. The maximum atomic E-state index is 6.54. The Morgan fingerprint density at radius 1 is 0.518 bits per heavy atom. The molecule has 0 radical (unpaired) electrons. The van der Waals surface area contributed by atoms with Crippen LogP contribution in [0.25, 0.3) is 77.9 Å². The monoisotopic (exact) mass is 728 g/mol. The molecule has 1 atom stereocenters. The molecule has 56 heavy (non-hydrogen) atoms. The van der Waals surface area contributed by atoms with Crippen molar-refractivity contribution in [3.05, 3.63) is 175 Å². The molecule has 0 aliphatic rings. The molecule has 10 aromatic rings. The lowest BCUT2D eigenvalue weighted by Crippen LogP contribution is -2.00. The highest BCUT2D eigenvalue weighted by atomic mass is 16.5. The van der Waals surface area contributed by atoms with Crippen LogP contribution < -0.4 is 4.74 Å². The Kier molecular flexibility index (Phi) is 8.44. The molecule has 0 saturated heterocycles. The number of rotatable bonds is 10. The minimum absolute atomic E-state index is 0.432. The summed E-state index contributed by atoms with van der Waals surface area (Å²) in [5, 5.41) is 14.0. The van der Waals surface area contributed by atoms with E-state index in [4.69, 9.17) is 9.15 Å². The number of hydrogen-bond donors (Lipinski definition) is 0. The van der Waals surface area contributed by atoms with Crippen molar-refractivity contribution in [1.82, 2.24) is 19.3 Å². The summed E-state index contributed by atoms with van der Waals surface area (Å²) >= 11 is 0. The van der Waals surface area contributed by atoms with Gasteiger partial charge in [0.1, 0.15) is 12.4 Å². The van der Waals surface area contributed by atoms with Crippen LogP contribution in [0.15, 0.2) is 168 Å². The first-order chi connectivity index (χ1) is 27.6.